The smallest absolute Gasteiger partial charge is 0.230 e. The maximum absolute atomic E-state index is 12.2. The fourth-order valence-electron chi connectivity index (χ4n) is 2.56. The van der Waals surface area contributed by atoms with Crippen LogP contribution in [0.25, 0.3) is 0 Å². The van der Waals surface area contributed by atoms with Gasteiger partial charge in [-0.1, -0.05) is 13.8 Å². The molecule has 0 bridgehead atoms. The van der Waals surface area contributed by atoms with Gasteiger partial charge in [-0.15, -0.1) is 0 Å². The van der Waals surface area contributed by atoms with Crippen LogP contribution >= 0.6 is 0 Å². The van der Waals surface area contributed by atoms with Gasteiger partial charge < -0.3 is 10.6 Å². The maximum atomic E-state index is 12.2. The second-order valence-electron chi connectivity index (χ2n) is 7.17. The number of nitrogens with one attached hydrogen (secondary N) is 2. The van der Waals surface area contributed by atoms with Gasteiger partial charge in [-0.25, -0.2) is 0 Å². The molecule has 0 spiro atoms. The molecule has 0 aromatic carbocycles. The Kier molecular flexibility index (Phi) is 4.77. The van der Waals surface area contributed by atoms with E-state index in [0.717, 1.165) is 0 Å². The highest BCUT2D eigenvalue weighted by Crippen LogP contribution is 2.35. The lowest BCUT2D eigenvalue weighted by Crippen LogP contribution is -2.57. The van der Waals surface area contributed by atoms with E-state index in [2.05, 4.69) is 10.6 Å². The van der Waals surface area contributed by atoms with Crippen molar-refractivity contribution < 1.29 is 19.4 Å². The number of nitrogens with zero attached hydrogens (tertiary/aromatic N) is 2. The van der Waals surface area contributed by atoms with E-state index in [4.69, 9.17) is 0 Å². The van der Waals surface area contributed by atoms with Crippen LogP contribution in [0, 0.1) is 38.0 Å². The van der Waals surface area contributed by atoms with E-state index in [0.29, 0.717) is 0 Å². The molecule has 0 aromatic heterocycles. The minimum atomic E-state index is -0.830. The molecule has 0 unspecified atom stereocenters. The molecule has 0 saturated heterocycles. The van der Waals surface area contributed by atoms with Crippen molar-refractivity contribution in [3.63, 3.8) is 0 Å². The number of nitro groups is 2. The summed E-state index contributed by atoms with van der Waals surface area (Å²) in [6.45, 7) is 5.59. The van der Waals surface area contributed by atoms with Crippen molar-refractivity contribution in [3.8, 4) is 0 Å². The van der Waals surface area contributed by atoms with Gasteiger partial charge in [0.15, 0.2) is 0 Å². The van der Waals surface area contributed by atoms with Crippen molar-refractivity contribution in [1.82, 2.24) is 10.6 Å². The molecular formula is C14H22N4O6. The summed E-state index contributed by atoms with van der Waals surface area (Å²) in [7, 11) is 0. The molecule has 2 aliphatic rings. The number of carbonyl (C=O) groups is 2. The van der Waals surface area contributed by atoms with Crippen molar-refractivity contribution in [2.75, 3.05) is 6.54 Å². The lowest BCUT2D eigenvalue weighted by atomic mass is 9.88. The monoisotopic (exact) mass is 342 g/mol. The van der Waals surface area contributed by atoms with Crippen molar-refractivity contribution in [3.05, 3.63) is 20.2 Å². The lowest BCUT2D eigenvalue weighted by Gasteiger charge is -2.35. The summed E-state index contributed by atoms with van der Waals surface area (Å²) in [6.07, 6.45) is 0.460. The van der Waals surface area contributed by atoms with E-state index in [1.54, 1.807) is 6.92 Å². The number of hydrogen-bond donors (Lipinski definition) is 2. The van der Waals surface area contributed by atoms with Crippen LogP contribution in [-0.2, 0) is 9.59 Å². The number of hydrogen-bond acceptors (Lipinski definition) is 6. The summed E-state index contributed by atoms with van der Waals surface area (Å²) < 4.78 is 0. The molecule has 10 nitrogen and oxygen atoms in total. The molecule has 0 radical (unpaired) electrons. The molecule has 2 saturated carbocycles. The third-order valence-corrected chi connectivity index (χ3v) is 5.04. The molecule has 24 heavy (non-hydrogen) atoms. The fourth-order valence-corrected chi connectivity index (χ4v) is 2.56. The Balaban J connectivity index is 1.88. The Morgan fingerprint density at radius 1 is 1.08 bits per heavy atom. The SMILES string of the molecule is CC(C)[C@](C)(CNC(=O)[C@@H]1C[C@@H]1[N+](=O)[O-])NC(=O)[C@H]1C[C@@H]1[N+](=O)[O-]. The predicted molar refractivity (Wildman–Crippen MR) is 82.2 cm³/mol. The second kappa shape index (κ2) is 6.33. The quantitative estimate of drug-likeness (QED) is 0.468. The molecule has 0 aliphatic heterocycles. The molecule has 2 fully saturated rings. The molecule has 2 N–H and O–H groups in total. The molecule has 10 heteroatoms. The van der Waals surface area contributed by atoms with E-state index in [9.17, 15) is 29.8 Å². The normalized spacial score (nSPS) is 30.2. The van der Waals surface area contributed by atoms with Crippen LogP contribution < -0.4 is 10.6 Å². The Morgan fingerprint density at radius 3 is 1.92 bits per heavy atom. The molecule has 2 rings (SSSR count). The highest BCUT2D eigenvalue weighted by Gasteiger charge is 2.55. The first-order chi connectivity index (χ1) is 11.1. The van der Waals surface area contributed by atoms with Crippen molar-refractivity contribution in [2.24, 2.45) is 17.8 Å². The summed E-state index contributed by atoms with van der Waals surface area (Å²) in [6, 6.07) is -1.65. The third kappa shape index (κ3) is 3.80. The average molecular weight is 342 g/mol. The summed E-state index contributed by atoms with van der Waals surface area (Å²) in [5, 5.41) is 26.7. The van der Waals surface area contributed by atoms with E-state index in [-0.39, 0.29) is 25.3 Å². The van der Waals surface area contributed by atoms with Crippen LogP contribution in [0.4, 0.5) is 0 Å². The Hall–Kier alpha value is -2.26. The number of amides is 2. The maximum Gasteiger partial charge on any atom is 0.230 e. The average Bonchev–Trinajstić information content (AvgIpc) is 3.36. The molecule has 134 valence electrons. The van der Waals surface area contributed by atoms with Crippen molar-refractivity contribution in [1.29, 1.82) is 0 Å². The first-order valence-corrected chi connectivity index (χ1v) is 7.93. The van der Waals surface area contributed by atoms with Gasteiger partial charge in [0.2, 0.25) is 23.9 Å². The van der Waals surface area contributed by atoms with Gasteiger partial charge in [0.05, 0.1) is 5.54 Å². The minimum absolute atomic E-state index is 0.0416. The van der Waals surface area contributed by atoms with Crippen LogP contribution in [0.2, 0.25) is 0 Å². The lowest BCUT2D eigenvalue weighted by molar-refractivity contribution is -0.497. The van der Waals surface area contributed by atoms with E-state index in [1.165, 1.54) is 0 Å². The molecule has 0 aromatic rings. The molecule has 2 aliphatic carbocycles. The molecular weight excluding hydrogens is 320 g/mol. The van der Waals surface area contributed by atoms with Crippen LogP contribution in [-0.4, -0.2) is 45.8 Å². The van der Waals surface area contributed by atoms with Gasteiger partial charge in [-0.3, -0.25) is 29.8 Å². The van der Waals surface area contributed by atoms with Crippen molar-refractivity contribution in [2.45, 2.75) is 51.2 Å². The zero-order valence-electron chi connectivity index (χ0n) is 13.9. The molecule has 0 heterocycles. The second-order valence-corrected chi connectivity index (χ2v) is 7.17. The zero-order chi connectivity index (χ0) is 18.2. The van der Waals surface area contributed by atoms with Crippen LogP contribution in [0.15, 0.2) is 0 Å². The third-order valence-electron chi connectivity index (χ3n) is 5.04. The van der Waals surface area contributed by atoms with Gasteiger partial charge in [0, 0.05) is 29.2 Å². The van der Waals surface area contributed by atoms with E-state index >= 15 is 0 Å². The Morgan fingerprint density at radius 2 is 1.54 bits per heavy atom. The molecule has 2 amide bonds. The standard InChI is InChI=1S/C14H22N4O6/c1-7(2)14(3,16-13(20)9-5-11(9)18(23)24)6-15-12(19)8-4-10(8)17(21)22/h7-11H,4-6H2,1-3H3,(H,15,19)(H,16,20)/t8-,9+,10+,11+,14+/m1/s1. The summed E-state index contributed by atoms with van der Waals surface area (Å²) in [5.41, 5.74) is -0.782. The van der Waals surface area contributed by atoms with Gasteiger partial charge in [-0.05, 0) is 12.8 Å². The fraction of sp³-hybridized carbons (Fsp3) is 0.857. The van der Waals surface area contributed by atoms with Gasteiger partial charge >= 0.3 is 0 Å². The first kappa shape index (κ1) is 18.1. The highest BCUT2D eigenvalue weighted by atomic mass is 16.6. The summed E-state index contributed by atoms with van der Waals surface area (Å²) >= 11 is 0. The molecule has 5 atom stereocenters. The predicted octanol–water partition coefficient (Wildman–Crippen LogP) is -0.0361. The minimum Gasteiger partial charge on any atom is -0.353 e. The summed E-state index contributed by atoms with van der Waals surface area (Å²) in [5.74, 6) is -2.07. The highest BCUT2D eigenvalue weighted by molar-refractivity contribution is 5.83. The largest absolute Gasteiger partial charge is 0.353 e. The van der Waals surface area contributed by atoms with Gasteiger partial charge in [-0.2, -0.15) is 0 Å². The van der Waals surface area contributed by atoms with Gasteiger partial charge in [0.25, 0.3) is 0 Å². The van der Waals surface area contributed by atoms with Gasteiger partial charge in [0.1, 0.15) is 11.8 Å². The first-order valence-electron chi connectivity index (χ1n) is 7.93. The van der Waals surface area contributed by atoms with Crippen LogP contribution in [0.1, 0.15) is 33.6 Å². The topological polar surface area (TPSA) is 144 Å². The Labute approximate surface area is 138 Å². The zero-order valence-corrected chi connectivity index (χ0v) is 13.9. The number of carbonyl (C=O) groups excluding carboxylic acids is 2. The summed E-state index contributed by atoms with van der Waals surface area (Å²) in [4.78, 5) is 44.5. The van der Waals surface area contributed by atoms with Crippen LogP contribution in [0.3, 0.4) is 0 Å². The Bertz CT molecular complexity index is 580. The number of rotatable bonds is 8. The van der Waals surface area contributed by atoms with Crippen LogP contribution in [0.5, 0.6) is 0 Å². The van der Waals surface area contributed by atoms with E-state index < -0.39 is 51.1 Å². The van der Waals surface area contributed by atoms with E-state index in [1.807, 2.05) is 13.8 Å². The van der Waals surface area contributed by atoms with Crippen molar-refractivity contribution >= 4 is 11.8 Å².